The zero-order valence-corrected chi connectivity index (χ0v) is 17.6. The molecule has 0 saturated carbocycles. The molecule has 0 aliphatic heterocycles. The third-order valence-electron chi connectivity index (χ3n) is 4.31. The second-order valence-electron chi connectivity index (χ2n) is 6.59. The summed E-state index contributed by atoms with van der Waals surface area (Å²) in [5, 5.41) is 7.87. The Labute approximate surface area is 182 Å². The number of halogens is 4. The lowest BCUT2D eigenvalue weighted by Gasteiger charge is -2.09. The molecule has 5 nitrogen and oxygen atoms in total. The van der Waals surface area contributed by atoms with Gasteiger partial charge in [0.25, 0.3) is 5.91 Å². The normalized spacial score (nSPS) is 10.8. The second kappa shape index (κ2) is 9.91. The third kappa shape index (κ3) is 5.49. The molecule has 3 aromatic rings. The first-order valence-electron chi connectivity index (χ1n) is 9.18. The summed E-state index contributed by atoms with van der Waals surface area (Å²) in [4.78, 5) is 12.4. The van der Waals surface area contributed by atoms with Crippen molar-refractivity contribution in [3.63, 3.8) is 0 Å². The Balaban J connectivity index is 1.50. The van der Waals surface area contributed by atoms with Gasteiger partial charge in [-0.05, 0) is 43.2 Å². The van der Waals surface area contributed by atoms with E-state index in [2.05, 4.69) is 10.4 Å². The smallest absolute Gasteiger partial charge is 0.251 e. The number of rotatable bonds is 8. The maximum atomic E-state index is 13.7. The van der Waals surface area contributed by atoms with Crippen LogP contribution < -0.4 is 10.1 Å². The van der Waals surface area contributed by atoms with E-state index in [1.54, 1.807) is 35.9 Å². The fourth-order valence-corrected chi connectivity index (χ4v) is 3.16. The lowest BCUT2D eigenvalue weighted by molar-refractivity contribution is 0.0952. The molecule has 1 heterocycles. The van der Waals surface area contributed by atoms with Gasteiger partial charge in [0, 0.05) is 24.7 Å². The number of nitrogens with one attached hydrogen (secondary N) is 1. The van der Waals surface area contributed by atoms with E-state index >= 15 is 0 Å². The summed E-state index contributed by atoms with van der Waals surface area (Å²) in [6, 6.07) is 9.89. The van der Waals surface area contributed by atoms with Gasteiger partial charge >= 0.3 is 0 Å². The lowest BCUT2D eigenvalue weighted by atomic mass is 10.1. The van der Waals surface area contributed by atoms with Gasteiger partial charge in [-0.15, -0.1) is 0 Å². The number of carbonyl (C=O) groups excluding carboxylic acids is 1. The number of amides is 1. The Morgan fingerprint density at radius 3 is 2.70 bits per heavy atom. The van der Waals surface area contributed by atoms with Crippen LogP contribution in [0.4, 0.5) is 8.78 Å². The van der Waals surface area contributed by atoms with Crippen LogP contribution in [0, 0.1) is 18.6 Å². The van der Waals surface area contributed by atoms with Crippen molar-refractivity contribution >= 4 is 29.1 Å². The molecule has 0 aliphatic carbocycles. The van der Waals surface area contributed by atoms with E-state index in [0.29, 0.717) is 46.5 Å². The number of carbonyl (C=O) groups is 1. The van der Waals surface area contributed by atoms with Crippen LogP contribution in [0.15, 0.2) is 42.5 Å². The molecular weight excluding hydrogens is 435 g/mol. The maximum absolute atomic E-state index is 13.7. The molecule has 0 fully saturated rings. The van der Waals surface area contributed by atoms with Crippen LogP contribution in [0.5, 0.6) is 5.75 Å². The standard InChI is InChI=1S/C21H19Cl2F2N3O2/c1-13-19(22)20(23)28(27-13)9-3-8-26-21(29)15-5-2-4-14(10-15)12-30-18-7-6-16(24)11-17(18)25/h2,4-7,10-11H,3,8-9,12H2,1H3,(H,26,29). The number of hydrogen-bond acceptors (Lipinski definition) is 3. The summed E-state index contributed by atoms with van der Waals surface area (Å²) < 4.78 is 33.6. The first-order valence-corrected chi connectivity index (χ1v) is 9.94. The number of ether oxygens (including phenoxy) is 1. The van der Waals surface area contributed by atoms with Crippen LogP contribution >= 0.6 is 23.2 Å². The summed E-state index contributed by atoms with van der Waals surface area (Å²) in [6.45, 7) is 2.76. The zero-order valence-electron chi connectivity index (χ0n) is 16.1. The first-order chi connectivity index (χ1) is 14.3. The second-order valence-corrected chi connectivity index (χ2v) is 7.32. The van der Waals surface area contributed by atoms with Crippen molar-refractivity contribution in [1.29, 1.82) is 0 Å². The molecule has 30 heavy (non-hydrogen) atoms. The molecule has 0 aliphatic rings. The Bertz CT molecular complexity index is 1060. The van der Waals surface area contributed by atoms with Gasteiger partial charge in [0.05, 0.1) is 5.69 Å². The average molecular weight is 454 g/mol. The molecular formula is C21H19Cl2F2N3O2. The van der Waals surface area contributed by atoms with Crippen molar-refractivity contribution in [3.8, 4) is 5.75 Å². The van der Waals surface area contributed by atoms with Crippen LogP contribution in [-0.2, 0) is 13.2 Å². The molecule has 1 N–H and O–H groups in total. The van der Waals surface area contributed by atoms with Crippen molar-refractivity contribution in [3.05, 3.63) is 81.1 Å². The summed E-state index contributed by atoms with van der Waals surface area (Å²) in [5.74, 6) is -1.76. The van der Waals surface area contributed by atoms with Crippen molar-refractivity contribution in [2.75, 3.05) is 6.54 Å². The van der Waals surface area contributed by atoms with Gasteiger partial charge in [0.1, 0.15) is 22.6 Å². The van der Waals surface area contributed by atoms with Crippen LogP contribution in [0.3, 0.4) is 0 Å². The Morgan fingerprint density at radius 1 is 1.20 bits per heavy atom. The molecule has 3 rings (SSSR count). The minimum Gasteiger partial charge on any atom is -0.486 e. The van der Waals surface area contributed by atoms with Gasteiger partial charge in [0.15, 0.2) is 11.6 Å². The van der Waals surface area contributed by atoms with E-state index in [9.17, 15) is 13.6 Å². The van der Waals surface area contributed by atoms with Crippen LogP contribution in [0.25, 0.3) is 0 Å². The molecule has 0 bridgehead atoms. The summed E-state index contributed by atoms with van der Waals surface area (Å²) in [6.07, 6.45) is 0.621. The fourth-order valence-electron chi connectivity index (χ4n) is 2.77. The Morgan fingerprint density at radius 2 is 2.00 bits per heavy atom. The molecule has 0 unspecified atom stereocenters. The number of aryl methyl sites for hydroxylation is 2. The molecule has 0 radical (unpaired) electrons. The number of hydrogen-bond donors (Lipinski definition) is 1. The fraction of sp³-hybridized carbons (Fsp3) is 0.238. The van der Waals surface area contributed by atoms with E-state index in [-0.39, 0.29) is 18.3 Å². The summed E-state index contributed by atoms with van der Waals surface area (Å²) in [5.41, 5.74) is 1.79. The third-order valence-corrected chi connectivity index (χ3v) is 5.24. The van der Waals surface area contributed by atoms with Crippen LogP contribution in [0.2, 0.25) is 10.2 Å². The van der Waals surface area contributed by atoms with E-state index in [4.69, 9.17) is 27.9 Å². The van der Waals surface area contributed by atoms with Crippen molar-refractivity contribution in [1.82, 2.24) is 15.1 Å². The predicted molar refractivity (Wildman–Crippen MR) is 111 cm³/mol. The zero-order chi connectivity index (χ0) is 21.7. The SMILES string of the molecule is Cc1nn(CCCNC(=O)c2cccc(COc3ccc(F)cc3F)c2)c(Cl)c1Cl. The van der Waals surface area contributed by atoms with E-state index in [1.165, 1.54) is 6.07 Å². The van der Waals surface area contributed by atoms with Crippen molar-refractivity contribution in [2.45, 2.75) is 26.5 Å². The Hall–Kier alpha value is -2.64. The molecule has 2 aromatic carbocycles. The van der Waals surface area contributed by atoms with Crippen LogP contribution in [0.1, 0.15) is 28.0 Å². The number of benzene rings is 2. The van der Waals surface area contributed by atoms with Gasteiger partial charge in [-0.2, -0.15) is 5.10 Å². The predicted octanol–water partition coefficient (Wildman–Crippen LogP) is 5.18. The topological polar surface area (TPSA) is 56.2 Å². The molecule has 0 saturated heterocycles. The molecule has 0 spiro atoms. The first kappa shape index (κ1) is 22.1. The van der Waals surface area contributed by atoms with E-state index < -0.39 is 11.6 Å². The molecule has 0 atom stereocenters. The van der Waals surface area contributed by atoms with Gasteiger partial charge < -0.3 is 10.1 Å². The molecule has 1 aromatic heterocycles. The number of aromatic nitrogens is 2. The summed E-state index contributed by atoms with van der Waals surface area (Å²) in [7, 11) is 0. The van der Waals surface area contributed by atoms with Gasteiger partial charge in [0.2, 0.25) is 0 Å². The monoisotopic (exact) mass is 453 g/mol. The van der Waals surface area contributed by atoms with Crippen LogP contribution in [-0.4, -0.2) is 22.2 Å². The Kier molecular flexibility index (Phi) is 7.29. The van der Waals surface area contributed by atoms with Crippen molar-refractivity contribution in [2.24, 2.45) is 0 Å². The summed E-state index contributed by atoms with van der Waals surface area (Å²) >= 11 is 12.1. The lowest BCUT2D eigenvalue weighted by Crippen LogP contribution is -2.25. The largest absolute Gasteiger partial charge is 0.486 e. The molecule has 9 heteroatoms. The average Bonchev–Trinajstić information content (AvgIpc) is 2.97. The highest BCUT2D eigenvalue weighted by Gasteiger charge is 2.11. The highest BCUT2D eigenvalue weighted by molar-refractivity contribution is 6.41. The minimum absolute atomic E-state index is 0.0432. The minimum atomic E-state index is -0.780. The van der Waals surface area contributed by atoms with E-state index in [0.717, 1.165) is 12.1 Å². The molecule has 1 amide bonds. The maximum Gasteiger partial charge on any atom is 0.251 e. The van der Waals surface area contributed by atoms with Crippen molar-refractivity contribution < 1.29 is 18.3 Å². The van der Waals surface area contributed by atoms with Gasteiger partial charge in [-0.1, -0.05) is 35.3 Å². The quantitative estimate of drug-likeness (QED) is 0.478. The highest BCUT2D eigenvalue weighted by atomic mass is 35.5. The highest BCUT2D eigenvalue weighted by Crippen LogP contribution is 2.25. The van der Waals surface area contributed by atoms with E-state index in [1.807, 2.05) is 0 Å². The molecule has 158 valence electrons. The number of nitrogens with zero attached hydrogens (tertiary/aromatic N) is 2. The van der Waals surface area contributed by atoms with Gasteiger partial charge in [-0.25, -0.2) is 8.78 Å². The van der Waals surface area contributed by atoms with Gasteiger partial charge in [-0.3, -0.25) is 9.48 Å².